The third-order valence-corrected chi connectivity index (χ3v) is 5.13. The summed E-state index contributed by atoms with van der Waals surface area (Å²) in [7, 11) is 0. The summed E-state index contributed by atoms with van der Waals surface area (Å²) in [4.78, 5) is 22.9. The number of rotatable bonds is 5. The van der Waals surface area contributed by atoms with Crippen molar-refractivity contribution in [2.75, 3.05) is 0 Å². The highest BCUT2D eigenvalue weighted by Gasteiger charge is 2.28. The third-order valence-electron chi connectivity index (χ3n) is 4.47. The summed E-state index contributed by atoms with van der Waals surface area (Å²) in [6, 6.07) is 16.1. The Bertz CT molecular complexity index is 1170. The molecule has 1 aliphatic rings. The number of non-ortho nitro benzene ring substituents is 1. The predicted octanol–water partition coefficient (Wildman–Crippen LogP) is 6.10. The van der Waals surface area contributed by atoms with Gasteiger partial charge in [-0.3, -0.25) is 14.9 Å². The Morgan fingerprint density at radius 3 is 2.40 bits per heavy atom. The molecular formula is C22H13Cl2NO5. The molecule has 0 saturated heterocycles. The molecule has 6 nitrogen and oxygen atoms in total. The van der Waals surface area contributed by atoms with Gasteiger partial charge in [0.05, 0.1) is 10.5 Å². The van der Waals surface area contributed by atoms with E-state index in [9.17, 15) is 14.9 Å². The second kappa shape index (κ2) is 8.18. The zero-order chi connectivity index (χ0) is 21.3. The van der Waals surface area contributed by atoms with Gasteiger partial charge in [0.2, 0.25) is 5.78 Å². The Morgan fingerprint density at radius 2 is 1.73 bits per heavy atom. The van der Waals surface area contributed by atoms with Crippen molar-refractivity contribution in [2.45, 2.75) is 6.61 Å². The van der Waals surface area contributed by atoms with Crippen LogP contribution < -0.4 is 9.47 Å². The van der Waals surface area contributed by atoms with Gasteiger partial charge < -0.3 is 9.47 Å². The molecule has 0 atom stereocenters. The molecule has 0 bridgehead atoms. The highest BCUT2D eigenvalue weighted by atomic mass is 35.5. The van der Waals surface area contributed by atoms with Crippen molar-refractivity contribution in [1.82, 2.24) is 0 Å². The molecule has 3 aromatic carbocycles. The van der Waals surface area contributed by atoms with E-state index in [1.807, 2.05) is 0 Å². The molecule has 0 amide bonds. The quantitative estimate of drug-likeness (QED) is 0.271. The first-order valence-electron chi connectivity index (χ1n) is 8.81. The van der Waals surface area contributed by atoms with Crippen LogP contribution in [0.1, 0.15) is 21.5 Å². The maximum atomic E-state index is 12.6. The van der Waals surface area contributed by atoms with Gasteiger partial charge >= 0.3 is 0 Å². The summed E-state index contributed by atoms with van der Waals surface area (Å²) in [6.45, 7) is 0.211. The zero-order valence-electron chi connectivity index (χ0n) is 15.3. The summed E-state index contributed by atoms with van der Waals surface area (Å²) < 4.78 is 11.4. The highest BCUT2D eigenvalue weighted by Crippen LogP contribution is 2.36. The SMILES string of the molecule is O=C1C(=Cc2c(Cl)cccc2Cl)Oc2cc(OCc3ccc([N+](=O)[O-])cc3)ccc21. The lowest BCUT2D eigenvalue weighted by molar-refractivity contribution is -0.384. The van der Waals surface area contributed by atoms with Crippen molar-refractivity contribution < 1.29 is 19.2 Å². The smallest absolute Gasteiger partial charge is 0.269 e. The van der Waals surface area contributed by atoms with Crippen molar-refractivity contribution >= 4 is 40.7 Å². The largest absolute Gasteiger partial charge is 0.489 e. The van der Waals surface area contributed by atoms with E-state index in [0.29, 0.717) is 32.7 Å². The minimum Gasteiger partial charge on any atom is -0.489 e. The number of allylic oxidation sites excluding steroid dienone is 1. The van der Waals surface area contributed by atoms with E-state index in [1.54, 1.807) is 48.5 Å². The van der Waals surface area contributed by atoms with Crippen LogP contribution in [0.5, 0.6) is 11.5 Å². The van der Waals surface area contributed by atoms with Crippen LogP contribution in [0.3, 0.4) is 0 Å². The molecule has 0 fully saturated rings. The fourth-order valence-electron chi connectivity index (χ4n) is 2.92. The number of nitro benzene ring substituents is 1. The maximum absolute atomic E-state index is 12.6. The first-order valence-corrected chi connectivity index (χ1v) is 9.56. The van der Waals surface area contributed by atoms with Crippen LogP contribution in [-0.4, -0.2) is 10.7 Å². The van der Waals surface area contributed by atoms with Gasteiger partial charge in [-0.25, -0.2) is 0 Å². The number of ether oxygens (including phenoxy) is 2. The number of halogens is 2. The van der Waals surface area contributed by atoms with Crippen molar-refractivity contribution in [1.29, 1.82) is 0 Å². The Hall–Kier alpha value is -3.35. The molecule has 3 aromatic rings. The second-order valence-corrected chi connectivity index (χ2v) is 7.26. The number of carbonyl (C=O) groups is 1. The predicted molar refractivity (Wildman–Crippen MR) is 113 cm³/mol. The fraction of sp³-hybridized carbons (Fsp3) is 0.0455. The number of hydrogen-bond acceptors (Lipinski definition) is 5. The van der Waals surface area contributed by atoms with Gasteiger partial charge in [-0.05, 0) is 48.0 Å². The summed E-state index contributed by atoms with van der Waals surface area (Å²) in [5.74, 6) is 0.711. The lowest BCUT2D eigenvalue weighted by Crippen LogP contribution is -1.98. The van der Waals surface area contributed by atoms with E-state index in [2.05, 4.69) is 0 Å². The van der Waals surface area contributed by atoms with Crippen molar-refractivity contribution in [3.63, 3.8) is 0 Å². The Balaban J connectivity index is 1.51. The van der Waals surface area contributed by atoms with E-state index in [-0.39, 0.29) is 23.8 Å². The Labute approximate surface area is 181 Å². The monoisotopic (exact) mass is 441 g/mol. The van der Waals surface area contributed by atoms with Gasteiger partial charge in [0.15, 0.2) is 5.76 Å². The minimum atomic E-state index is -0.458. The van der Waals surface area contributed by atoms with Crippen LogP contribution in [0.4, 0.5) is 5.69 Å². The van der Waals surface area contributed by atoms with Crippen molar-refractivity contribution in [3.8, 4) is 11.5 Å². The summed E-state index contributed by atoms with van der Waals surface area (Å²) in [5, 5.41) is 11.5. The number of nitro groups is 1. The molecule has 0 saturated carbocycles. The zero-order valence-corrected chi connectivity index (χ0v) is 16.8. The van der Waals surface area contributed by atoms with Gasteiger partial charge in [-0.2, -0.15) is 0 Å². The Kier molecular flexibility index (Phi) is 5.44. The van der Waals surface area contributed by atoms with E-state index in [0.717, 1.165) is 5.56 Å². The minimum absolute atomic E-state index is 0.0149. The molecule has 1 aliphatic heterocycles. The number of benzene rings is 3. The third kappa shape index (κ3) is 4.01. The molecule has 1 heterocycles. The van der Waals surface area contributed by atoms with Gasteiger partial charge in [-0.15, -0.1) is 0 Å². The van der Waals surface area contributed by atoms with Crippen LogP contribution in [-0.2, 0) is 6.61 Å². The van der Waals surface area contributed by atoms with E-state index < -0.39 is 4.92 Å². The summed E-state index contributed by atoms with van der Waals surface area (Å²) in [6.07, 6.45) is 1.52. The van der Waals surface area contributed by atoms with Crippen molar-refractivity contribution in [2.24, 2.45) is 0 Å². The summed E-state index contributed by atoms with van der Waals surface area (Å²) >= 11 is 12.3. The van der Waals surface area contributed by atoms with E-state index in [1.165, 1.54) is 18.2 Å². The molecule has 0 unspecified atom stereocenters. The van der Waals surface area contributed by atoms with Gasteiger partial charge in [-0.1, -0.05) is 29.3 Å². The molecular weight excluding hydrogens is 429 g/mol. The van der Waals surface area contributed by atoms with Crippen molar-refractivity contribution in [3.05, 3.63) is 103 Å². The lowest BCUT2D eigenvalue weighted by atomic mass is 10.1. The molecule has 0 radical (unpaired) electrons. The van der Waals surface area contributed by atoms with Gasteiger partial charge in [0, 0.05) is 33.8 Å². The molecule has 150 valence electrons. The average molecular weight is 442 g/mol. The van der Waals surface area contributed by atoms with Crippen LogP contribution in [0, 0.1) is 10.1 Å². The van der Waals surface area contributed by atoms with Gasteiger partial charge in [0.25, 0.3) is 5.69 Å². The fourth-order valence-corrected chi connectivity index (χ4v) is 3.42. The topological polar surface area (TPSA) is 78.7 Å². The number of carbonyl (C=O) groups excluding carboxylic acids is 1. The average Bonchev–Trinajstić information content (AvgIpc) is 3.04. The first kappa shape index (κ1) is 19.9. The van der Waals surface area contributed by atoms with Crippen LogP contribution >= 0.6 is 23.2 Å². The Morgan fingerprint density at radius 1 is 1.03 bits per heavy atom. The van der Waals surface area contributed by atoms with Crippen LogP contribution in [0.15, 0.2) is 66.4 Å². The highest BCUT2D eigenvalue weighted by molar-refractivity contribution is 6.37. The normalized spacial score (nSPS) is 13.8. The number of Topliss-reactive ketones (excluding diaryl/α,β-unsaturated/α-hetero) is 1. The molecule has 4 rings (SSSR count). The van der Waals surface area contributed by atoms with Gasteiger partial charge in [0.1, 0.15) is 18.1 Å². The number of hydrogen-bond donors (Lipinski definition) is 0. The second-order valence-electron chi connectivity index (χ2n) is 6.45. The van der Waals surface area contributed by atoms with E-state index in [4.69, 9.17) is 32.7 Å². The lowest BCUT2D eigenvalue weighted by Gasteiger charge is -2.07. The molecule has 0 spiro atoms. The van der Waals surface area contributed by atoms with Crippen LogP contribution in [0.25, 0.3) is 6.08 Å². The van der Waals surface area contributed by atoms with E-state index >= 15 is 0 Å². The molecule has 0 aromatic heterocycles. The number of fused-ring (bicyclic) bond motifs is 1. The maximum Gasteiger partial charge on any atom is 0.269 e. The molecule has 0 N–H and O–H groups in total. The van der Waals surface area contributed by atoms with Crippen LogP contribution in [0.2, 0.25) is 10.0 Å². The number of nitrogens with zero attached hydrogens (tertiary/aromatic N) is 1. The summed E-state index contributed by atoms with van der Waals surface area (Å²) in [5.41, 5.74) is 1.70. The molecule has 30 heavy (non-hydrogen) atoms. The standard InChI is InChI=1S/C22H13Cl2NO5/c23-18-2-1-3-19(24)17(18)11-21-22(26)16-9-8-15(10-20(16)30-21)29-12-13-4-6-14(7-5-13)25(27)28/h1-11H,12H2. The first-order chi connectivity index (χ1) is 14.4. The number of ketones is 1. The molecule has 8 heteroatoms. The molecule has 0 aliphatic carbocycles.